The van der Waals surface area contributed by atoms with Gasteiger partial charge in [-0.1, -0.05) is 49.6 Å². The summed E-state index contributed by atoms with van der Waals surface area (Å²) in [5.74, 6) is -0.0270. The van der Waals surface area contributed by atoms with Crippen LogP contribution in [0.2, 0.25) is 0 Å². The summed E-state index contributed by atoms with van der Waals surface area (Å²) < 4.78 is 0. The molecule has 1 aromatic heterocycles. The van der Waals surface area contributed by atoms with Gasteiger partial charge in [0.2, 0.25) is 0 Å². The first kappa shape index (κ1) is 19.2. The van der Waals surface area contributed by atoms with Crippen molar-refractivity contribution in [3.05, 3.63) is 53.3 Å². The third kappa shape index (κ3) is 4.82. The number of aromatic nitrogens is 2. The largest absolute Gasteiger partial charge is 0.348 e. The van der Waals surface area contributed by atoms with E-state index in [2.05, 4.69) is 50.7 Å². The molecule has 1 saturated carbocycles. The van der Waals surface area contributed by atoms with Gasteiger partial charge in [-0.15, -0.1) is 0 Å². The third-order valence-corrected chi connectivity index (χ3v) is 6.25. The average molecular weight is 381 g/mol. The molecular weight excluding hydrogens is 348 g/mol. The van der Waals surface area contributed by atoms with Gasteiger partial charge >= 0.3 is 0 Å². The van der Waals surface area contributed by atoms with E-state index in [1.54, 1.807) is 0 Å². The predicted molar refractivity (Wildman–Crippen MR) is 111 cm³/mol. The Labute approximate surface area is 167 Å². The van der Waals surface area contributed by atoms with E-state index in [0.29, 0.717) is 17.8 Å². The van der Waals surface area contributed by atoms with E-state index in [4.69, 9.17) is 0 Å². The minimum atomic E-state index is -0.0270. The van der Waals surface area contributed by atoms with Gasteiger partial charge in [0, 0.05) is 6.04 Å². The third-order valence-electron chi connectivity index (χ3n) is 6.25. The molecule has 150 valence electrons. The van der Waals surface area contributed by atoms with Gasteiger partial charge in [0.15, 0.2) is 0 Å². The van der Waals surface area contributed by atoms with Gasteiger partial charge in [-0.05, 0) is 63.2 Å². The second-order valence-electron chi connectivity index (χ2n) is 8.30. The second-order valence-corrected chi connectivity index (χ2v) is 8.30. The smallest absolute Gasteiger partial charge is 0.271 e. The van der Waals surface area contributed by atoms with Crippen LogP contribution in [0.1, 0.15) is 79.2 Å². The Kier molecular flexibility index (Phi) is 6.42. The Morgan fingerprint density at radius 3 is 2.71 bits per heavy atom. The molecule has 28 heavy (non-hydrogen) atoms. The van der Waals surface area contributed by atoms with Crippen LogP contribution >= 0.6 is 0 Å². The van der Waals surface area contributed by atoms with Crippen LogP contribution in [0.15, 0.2) is 36.4 Å². The fourth-order valence-electron chi connectivity index (χ4n) is 4.69. The van der Waals surface area contributed by atoms with Crippen molar-refractivity contribution < 1.29 is 4.79 Å². The lowest BCUT2D eigenvalue weighted by Crippen LogP contribution is -2.34. The van der Waals surface area contributed by atoms with E-state index in [9.17, 15) is 4.79 Å². The van der Waals surface area contributed by atoms with Crippen molar-refractivity contribution in [2.75, 3.05) is 13.1 Å². The number of benzene rings is 1. The first-order valence-corrected chi connectivity index (χ1v) is 10.9. The first-order chi connectivity index (χ1) is 13.8. The van der Waals surface area contributed by atoms with Gasteiger partial charge in [-0.2, -0.15) is 5.10 Å². The number of carbonyl (C=O) groups is 1. The molecule has 1 aromatic carbocycles. The van der Waals surface area contributed by atoms with Crippen molar-refractivity contribution >= 4 is 5.91 Å². The minimum Gasteiger partial charge on any atom is -0.348 e. The zero-order valence-electron chi connectivity index (χ0n) is 16.7. The fraction of sp³-hybridized carbons (Fsp3) is 0.565. The predicted octanol–water partition coefficient (Wildman–Crippen LogP) is 4.24. The number of rotatable bonds is 7. The number of likely N-dealkylation sites (tertiary alicyclic amines) is 1. The number of aromatic amines is 1. The van der Waals surface area contributed by atoms with Gasteiger partial charge in [-0.3, -0.25) is 14.8 Å². The molecule has 1 aliphatic carbocycles. The van der Waals surface area contributed by atoms with Crippen molar-refractivity contribution in [3.63, 3.8) is 0 Å². The van der Waals surface area contributed by atoms with E-state index < -0.39 is 0 Å². The number of piperidine rings is 1. The molecule has 1 amide bonds. The van der Waals surface area contributed by atoms with Crippen LogP contribution in [0.5, 0.6) is 0 Å². The number of H-pyrrole nitrogens is 1. The normalized spacial score (nSPS) is 21.1. The van der Waals surface area contributed by atoms with Crippen LogP contribution in [-0.2, 0) is 6.42 Å². The number of carbonyl (C=O) groups excluding carboxylic acids is 1. The van der Waals surface area contributed by atoms with Crippen LogP contribution in [-0.4, -0.2) is 40.1 Å². The molecule has 2 heterocycles. The molecule has 2 fully saturated rings. The number of amides is 1. The maximum absolute atomic E-state index is 12.5. The van der Waals surface area contributed by atoms with Gasteiger partial charge < -0.3 is 5.32 Å². The highest BCUT2D eigenvalue weighted by Crippen LogP contribution is 2.30. The summed E-state index contributed by atoms with van der Waals surface area (Å²) >= 11 is 0. The van der Waals surface area contributed by atoms with Crippen molar-refractivity contribution in [1.29, 1.82) is 0 Å². The summed E-state index contributed by atoms with van der Waals surface area (Å²) in [5.41, 5.74) is 3.04. The molecule has 2 aromatic rings. The highest BCUT2D eigenvalue weighted by molar-refractivity contribution is 5.92. The minimum absolute atomic E-state index is 0.0270. The molecule has 1 saturated heterocycles. The summed E-state index contributed by atoms with van der Waals surface area (Å²) in [6, 6.07) is 13.4. The molecule has 0 bridgehead atoms. The number of aryl methyl sites for hydroxylation is 1. The molecule has 5 nitrogen and oxygen atoms in total. The summed E-state index contributed by atoms with van der Waals surface area (Å²) in [6.07, 6.45) is 10.5. The molecule has 2 aliphatic rings. The molecule has 5 heteroatoms. The van der Waals surface area contributed by atoms with Crippen LogP contribution < -0.4 is 5.32 Å². The SMILES string of the molecule is O=C(NC1CCCC1)c1cc([C@@H]2CCCCN2CCCc2ccccc2)[nH]n1. The standard InChI is InChI=1S/C23H32N4O/c28-23(24-19-12-4-5-13-19)21-17-20(25-26-21)22-14-6-7-15-27(22)16-8-11-18-9-2-1-3-10-18/h1-3,9-10,17,19,22H,4-8,11-16H2,(H,24,28)(H,25,26)/t22-/m0/s1. The van der Waals surface area contributed by atoms with Crippen molar-refractivity contribution in [3.8, 4) is 0 Å². The average Bonchev–Trinajstić information content (AvgIpc) is 3.41. The summed E-state index contributed by atoms with van der Waals surface area (Å²) in [4.78, 5) is 15.1. The first-order valence-electron chi connectivity index (χ1n) is 10.9. The second kappa shape index (κ2) is 9.37. The summed E-state index contributed by atoms with van der Waals surface area (Å²) in [7, 11) is 0. The zero-order valence-corrected chi connectivity index (χ0v) is 16.7. The molecular formula is C23H32N4O. The molecule has 1 aliphatic heterocycles. The maximum Gasteiger partial charge on any atom is 0.271 e. The van der Waals surface area contributed by atoms with Crippen LogP contribution in [0.25, 0.3) is 0 Å². The summed E-state index contributed by atoms with van der Waals surface area (Å²) in [6.45, 7) is 2.21. The van der Waals surface area contributed by atoms with Crippen LogP contribution in [0, 0.1) is 0 Å². The van der Waals surface area contributed by atoms with Gasteiger partial charge in [0.05, 0.1) is 11.7 Å². The topological polar surface area (TPSA) is 61.0 Å². The number of hydrogen-bond acceptors (Lipinski definition) is 3. The molecule has 0 radical (unpaired) electrons. The van der Waals surface area contributed by atoms with E-state index in [1.807, 2.05) is 6.07 Å². The zero-order chi connectivity index (χ0) is 19.2. The van der Waals surface area contributed by atoms with Crippen molar-refractivity contribution in [1.82, 2.24) is 20.4 Å². The van der Waals surface area contributed by atoms with Crippen LogP contribution in [0.3, 0.4) is 0 Å². The molecule has 0 unspecified atom stereocenters. The molecule has 2 N–H and O–H groups in total. The highest BCUT2D eigenvalue weighted by atomic mass is 16.2. The van der Waals surface area contributed by atoms with Crippen LogP contribution in [0.4, 0.5) is 0 Å². The van der Waals surface area contributed by atoms with E-state index >= 15 is 0 Å². The van der Waals surface area contributed by atoms with E-state index in [0.717, 1.165) is 50.9 Å². The Morgan fingerprint density at radius 2 is 1.89 bits per heavy atom. The molecule has 1 atom stereocenters. The number of nitrogens with one attached hydrogen (secondary N) is 2. The van der Waals surface area contributed by atoms with Crippen molar-refractivity contribution in [2.24, 2.45) is 0 Å². The highest BCUT2D eigenvalue weighted by Gasteiger charge is 2.26. The lowest BCUT2D eigenvalue weighted by atomic mass is 9.98. The molecule has 0 spiro atoms. The Balaban J connectivity index is 1.34. The number of hydrogen-bond donors (Lipinski definition) is 2. The van der Waals surface area contributed by atoms with Gasteiger partial charge in [0.25, 0.3) is 5.91 Å². The van der Waals surface area contributed by atoms with Crippen molar-refractivity contribution in [2.45, 2.75) is 69.9 Å². The van der Waals surface area contributed by atoms with Gasteiger partial charge in [0.1, 0.15) is 5.69 Å². The monoisotopic (exact) mass is 380 g/mol. The lowest BCUT2D eigenvalue weighted by Gasteiger charge is -2.35. The Hall–Kier alpha value is -2.14. The number of nitrogens with zero attached hydrogens (tertiary/aromatic N) is 2. The fourth-order valence-corrected chi connectivity index (χ4v) is 4.69. The maximum atomic E-state index is 12.5. The van der Waals surface area contributed by atoms with E-state index in [1.165, 1.54) is 31.2 Å². The Morgan fingerprint density at radius 1 is 1.11 bits per heavy atom. The van der Waals surface area contributed by atoms with E-state index in [-0.39, 0.29) is 5.91 Å². The van der Waals surface area contributed by atoms with Gasteiger partial charge in [-0.25, -0.2) is 0 Å². The summed E-state index contributed by atoms with van der Waals surface area (Å²) in [5, 5.41) is 10.6. The Bertz CT molecular complexity index is 751. The molecule has 4 rings (SSSR count). The quantitative estimate of drug-likeness (QED) is 0.755. The lowest BCUT2D eigenvalue weighted by molar-refractivity contribution is 0.0932.